The van der Waals surface area contributed by atoms with Crippen LogP contribution in [0.2, 0.25) is 0 Å². The average molecular weight is 706 g/mol. The number of esters is 2. The van der Waals surface area contributed by atoms with Crippen LogP contribution in [0.1, 0.15) is 59.4 Å². The first-order valence-corrected chi connectivity index (χ1v) is 16.3. The zero-order chi connectivity index (χ0) is 33.0. The Morgan fingerprint density at radius 1 is 0.978 bits per heavy atom. The first-order valence-electron chi connectivity index (χ1n) is 14.7. The molecule has 0 spiro atoms. The minimum atomic E-state index is -0.679. The van der Waals surface area contributed by atoms with E-state index in [1.165, 1.54) is 11.3 Å². The van der Waals surface area contributed by atoms with Crippen LogP contribution in [-0.2, 0) is 20.9 Å². The number of fused-ring (bicyclic) bond motifs is 1. The number of aryl methyl sites for hydroxylation is 1. The molecular weight excluding hydrogens is 672 g/mol. The highest BCUT2D eigenvalue weighted by Gasteiger charge is 2.33. The molecule has 1 atom stereocenters. The van der Waals surface area contributed by atoms with Gasteiger partial charge in [0.2, 0.25) is 0 Å². The molecule has 0 N–H and O–H groups in total. The molecular formula is C35H33BrN2O7S. The van der Waals surface area contributed by atoms with Crippen molar-refractivity contribution in [3.63, 3.8) is 0 Å². The largest absolute Gasteiger partial charge is 0.493 e. The molecule has 1 aromatic heterocycles. The number of carbonyl (C=O) groups is 2. The number of aromatic nitrogens is 1. The molecule has 0 fully saturated rings. The van der Waals surface area contributed by atoms with Crippen LogP contribution >= 0.6 is 27.3 Å². The van der Waals surface area contributed by atoms with Crippen LogP contribution in [0.3, 0.4) is 0 Å². The summed E-state index contributed by atoms with van der Waals surface area (Å²) in [5, 5.41) is 0. The molecule has 0 saturated heterocycles. The summed E-state index contributed by atoms with van der Waals surface area (Å²) in [6.07, 6.45) is 1.77. The molecule has 11 heteroatoms. The molecule has 4 aromatic rings. The number of nitrogens with zero attached hydrogens (tertiary/aromatic N) is 2. The molecule has 0 radical (unpaired) electrons. The fourth-order valence-electron chi connectivity index (χ4n) is 5.08. The van der Waals surface area contributed by atoms with Crippen molar-refractivity contribution in [3.05, 3.63) is 124 Å². The van der Waals surface area contributed by atoms with Crippen LogP contribution in [0.25, 0.3) is 6.08 Å². The van der Waals surface area contributed by atoms with Crippen LogP contribution in [0.5, 0.6) is 11.5 Å². The zero-order valence-electron chi connectivity index (χ0n) is 26.1. The highest BCUT2D eigenvalue weighted by atomic mass is 79.9. The molecule has 1 aliphatic heterocycles. The van der Waals surface area contributed by atoms with Crippen LogP contribution < -0.4 is 24.4 Å². The Kier molecular flexibility index (Phi) is 10.2. The maximum atomic E-state index is 14.0. The van der Waals surface area contributed by atoms with E-state index in [4.69, 9.17) is 18.9 Å². The van der Waals surface area contributed by atoms with Gasteiger partial charge in [-0.3, -0.25) is 9.36 Å². The molecule has 46 heavy (non-hydrogen) atoms. The van der Waals surface area contributed by atoms with Gasteiger partial charge >= 0.3 is 11.9 Å². The molecule has 238 valence electrons. The Morgan fingerprint density at radius 3 is 2.30 bits per heavy atom. The standard InChI is InChI=1S/C35H33BrN2O7S/c1-6-43-33(40)25-14-10-22(11-15-25)19-45-31-26(36)16-23(17-27(31)42-5)18-28-32(39)38-30(24-12-8-20(3)9-13-24)29(34(41)44-7-2)21(4)37-35(38)46-28/h8-18,30H,6-7,19H2,1-5H3/b28-18-/t30-/m0/s1. The number of halogens is 1. The van der Waals surface area contributed by atoms with Crippen LogP contribution in [0.15, 0.2) is 86.2 Å². The van der Waals surface area contributed by atoms with Crippen molar-refractivity contribution in [3.8, 4) is 11.5 Å². The maximum absolute atomic E-state index is 14.0. The predicted molar refractivity (Wildman–Crippen MR) is 179 cm³/mol. The van der Waals surface area contributed by atoms with Gasteiger partial charge in [0, 0.05) is 0 Å². The van der Waals surface area contributed by atoms with Gasteiger partial charge in [0.25, 0.3) is 5.56 Å². The highest BCUT2D eigenvalue weighted by molar-refractivity contribution is 9.10. The summed E-state index contributed by atoms with van der Waals surface area (Å²) >= 11 is 4.85. The molecule has 3 aromatic carbocycles. The Morgan fingerprint density at radius 2 is 1.65 bits per heavy atom. The van der Waals surface area contributed by atoms with Gasteiger partial charge in [0.15, 0.2) is 16.3 Å². The van der Waals surface area contributed by atoms with Crippen LogP contribution in [0.4, 0.5) is 0 Å². The molecule has 0 unspecified atom stereocenters. The van der Waals surface area contributed by atoms with Crippen LogP contribution in [-0.4, -0.2) is 36.8 Å². The van der Waals surface area contributed by atoms with E-state index < -0.39 is 12.0 Å². The van der Waals surface area contributed by atoms with Gasteiger partial charge in [0.05, 0.1) is 52.2 Å². The summed E-state index contributed by atoms with van der Waals surface area (Å²) in [7, 11) is 1.54. The number of hydrogen-bond donors (Lipinski definition) is 0. The lowest BCUT2D eigenvalue weighted by molar-refractivity contribution is -0.139. The summed E-state index contributed by atoms with van der Waals surface area (Å²) < 4.78 is 24.8. The van der Waals surface area contributed by atoms with Crippen molar-refractivity contribution < 1.29 is 28.5 Å². The van der Waals surface area contributed by atoms with Crippen molar-refractivity contribution in [1.29, 1.82) is 0 Å². The Labute approximate surface area is 278 Å². The number of methoxy groups -OCH3 is 1. The normalized spacial score (nSPS) is 14.4. The molecule has 5 rings (SSSR count). The smallest absolute Gasteiger partial charge is 0.338 e. The third-order valence-corrected chi connectivity index (χ3v) is 8.88. The number of rotatable bonds is 10. The number of ether oxygens (including phenoxy) is 4. The molecule has 2 heterocycles. The number of thiazole rings is 1. The molecule has 1 aliphatic rings. The Bertz CT molecular complexity index is 1990. The minimum absolute atomic E-state index is 0.207. The number of hydrogen-bond acceptors (Lipinski definition) is 9. The van der Waals surface area contributed by atoms with Crippen molar-refractivity contribution in [1.82, 2.24) is 4.57 Å². The van der Waals surface area contributed by atoms with E-state index in [9.17, 15) is 14.4 Å². The van der Waals surface area contributed by atoms with Gasteiger partial charge in [-0.05, 0) is 90.7 Å². The highest BCUT2D eigenvalue weighted by Crippen LogP contribution is 2.37. The second-order valence-corrected chi connectivity index (χ2v) is 12.3. The zero-order valence-corrected chi connectivity index (χ0v) is 28.5. The minimum Gasteiger partial charge on any atom is -0.493 e. The first-order chi connectivity index (χ1) is 22.1. The quantitative estimate of drug-likeness (QED) is 0.197. The average Bonchev–Trinajstić information content (AvgIpc) is 3.34. The maximum Gasteiger partial charge on any atom is 0.338 e. The summed E-state index contributed by atoms with van der Waals surface area (Å²) in [6, 6.07) is 17.7. The van der Waals surface area contributed by atoms with E-state index in [0.29, 0.717) is 54.3 Å². The SMILES string of the molecule is CCOC(=O)C1=C(C)N=c2s/c(=C\c3cc(Br)c(OCc4ccc(C(=O)OCC)cc4)c(OC)c3)c(=O)n2[C@H]1c1ccc(C)cc1. The van der Waals surface area contributed by atoms with Gasteiger partial charge in [0.1, 0.15) is 6.61 Å². The van der Waals surface area contributed by atoms with Gasteiger partial charge in [-0.2, -0.15) is 0 Å². The lowest BCUT2D eigenvalue weighted by Crippen LogP contribution is -2.39. The summed E-state index contributed by atoms with van der Waals surface area (Å²) in [6.45, 7) is 8.01. The van der Waals surface area contributed by atoms with E-state index in [1.54, 1.807) is 68.9 Å². The van der Waals surface area contributed by atoms with E-state index in [2.05, 4.69) is 20.9 Å². The molecule has 0 amide bonds. The lowest BCUT2D eigenvalue weighted by Gasteiger charge is -2.24. The fourth-order valence-corrected chi connectivity index (χ4v) is 6.70. The van der Waals surface area contributed by atoms with E-state index in [1.807, 2.05) is 37.3 Å². The second-order valence-electron chi connectivity index (χ2n) is 10.5. The summed E-state index contributed by atoms with van der Waals surface area (Å²) in [4.78, 5) is 44.2. The van der Waals surface area contributed by atoms with Crippen LogP contribution in [0, 0.1) is 6.92 Å². The van der Waals surface area contributed by atoms with Gasteiger partial charge in [-0.15, -0.1) is 0 Å². The number of carbonyl (C=O) groups excluding carboxylic acids is 2. The number of allylic oxidation sites excluding steroid dienone is 1. The predicted octanol–water partition coefficient (Wildman–Crippen LogP) is 5.63. The molecule has 9 nitrogen and oxygen atoms in total. The monoisotopic (exact) mass is 704 g/mol. The van der Waals surface area contributed by atoms with Gasteiger partial charge in [-0.1, -0.05) is 53.3 Å². The lowest BCUT2D eigenvalue weighted by atomic mass is 9.95. The van der Waals surface area contributed by atoms with Gasteiger partial charge in [-0.25, -0.2) is 14.6 Å². The topological polar surface area (TPSA) is 105 Å². The summed E-state index contributed by atoms with van der Waals surface area (Å²) in [5.41, 5.74) is 4.46. The van der Waals surface area contributed by atoms with E-state index in [-0.39, 0.29) is 24.7 Å². The van der Waals surface area contributed by atoms with Crippen molar-refractivity contribution in [2.45, 2.75) is 40.3 Å². The Balaban J connectivity index is 1.49. The van der Waals surface area contributed by atoms with Crippen molar-refractivity contribution in [2.75, 3.05) is 20.3 Å². The molecule has 0 bridgehead atoms. The molecule has 0 saturated carbocycles. The van der Waals surface area contributed by atoms with Crippen molar-refractivity contribution in [2.24, 2.45) is 4.99 Å². The van der Waals surface area contributed by atoms with E-state index >= 15 is 0 Å². The first kappa shape index (κ1) is 32.9. The Hall–Kier alpha value is -4.48. The van der Waals surface area contributed by atoms with Crippen molar-refractivity contribution >= 4 is 45.3 Å². The third kappa shape index (κ3) is 6.85. The summed E-state index contributed by atoms with van der Waals surface area (Å²) in [5.74, 6) is 0.0876. The molecule has 0 aliphatic carbocycles. The van der Waals surface area contributed by atoms with E-state index in [0.717, 1.165) is 16.7 Å². The third-order valence-electron chi connectivity index (χ3n) is 7.31. The number of benzene rings is 3. The van der Waals surface area contributed by atoms with Gasteiger partial charge < -0.3 is 18.9 Å². The second kappa shape index (κ2) is 14.3. The fraction of sp³-hybridized carbons (Fsp3) is 0.257.